The lowest BCUT2D eigenvalue weighted by atomic mass is 9.75. The summed E-state index contributed by atoms with van der Waals surface area (Å²) in [7, 11) is 2.62. The molecule has 1 fully saturated rings. The zero-order valence-electron chi connectivity index (χ0n) is 16.4. The summed E-state index contributed by atoms with van der Waals surface area (Å²) in [5.41, 5.74) is -0.307. The van der Waals surface area contributed by atoms with Gasteiger partial charge in [0.25, 0.3) is 5.91 Å². The second-order valence-electron chi connectivity index (χ2n) is 7.99. The summed E-state index contributed by atoms with van der Waals surface area (Å²) in [6.07, 6.45) is 6.83. The quantitative estimate of drug-likeness (QED) is 0.727. The number of aromatic nitrogens is 2. The van der Waals surface area contributed by atoms with Crippen molar-refractivity contribution in [3.8, 4) is 11.6 Å². The average molecular weight is 401 g/mol. The maximum absolute atomic E-state index is 12.7. The topological polar surface area (TPSA) is 84.3 Å². The van der Waals surface area contributed by atoms with Crippen molar-refractivity contribution < 1.29 is 14.6 Å². The van der Waals surface area contributed by atoms with Crippen LogP contribution in [0.25, 0.3) is 0 Å². The lowest BCUT2D eigenvalue weighted by molar-refractivity contribution is -0.00575. The summed E-state index contributed by atoms with van der Waals surface area (Å²) in [6.45, 7) is 4.36. The minimum absolute atomic E-state index is 0.233. The van der Waals surface area contributed by atoms with Crippen molar-refractivity contribution in [3.63, 3.8) is 0 Å². The van der Waals surface area contributed by atoms with Gasteiger partial charge in [-0.2, -0.15) is 0 Å². The fraction of sp³-hybridized carbons (Fsp3) is 0.476. The molecule has 6 nitrogen and oxygen atoms in total. The van der Waals surface area contributed by atoms with E-state index in [9.17, 15) is 9.90 Å². The van der Waals surface area contributed by atoms with E-state index in [1.165, 1.54) is 12.5 Å². The fourth-order valence-electron chi connectivity index (χ4n) is 3.61. The van der Waals surface area contributed by atoms with Crippen molar-refractivity contribution in [1.82, 2.24) is 15.3 Å². The largest absolute Gasteiger partial charge is 0.438 e. The number of carbonyl (C=O) groups excluding carboxylic acids is 1. The van der Waals surface area contributed by atoms with E-state index in [0.717, 1.165) is 31.0 Å². The number of carbonyl (C=O) groups is 1. The van der Waals surface area contributed by atoms with Gasteiger partial charge in [-0.3, -0.25) is 4.79 Å². The molecule has 1 aliphatic rings. The first-order chi connectivity index (χ1) is 13.3. The van der Waals surface area contributed by atoms with Crippen LogP contribution in [0.3, 0.4) is 0 Å². The summed E-state index contributed by atoms with van der Waals surface area (Å²) in [5, 5.41) is 14.2. The molecule has 1 aromatic carbocycles. The fourth-order valence-corrected chi connectivity index (χ4v) is 3.80. The highest BCUT2D eigenvalue weighted by atomic mass is 31.0. The zero-order chi connectivity index (χ0) is 20.1. The third-order valence-electron chi connectivity index (χ3n) is 5.41. The van der Waals surface area contributed by atoms with Crippen LogP contribution >= 0.6 is 9.24 Å². The summed E-state index contributed by atoms with van der Waals surface area (Å²) >= 11 is 0. The molecule has 1 atom stereocenters. The molecule has 28 heavy (non-hydrogen) atoms. The van der Waals surface area contributed by atoms with Gasteiger partial charge in [-0.15, -0.1) is 9.24 Å². The first-order valence-electron chi connectivity index (χ1n) is 9.67. The zero-order valence-corrected chi connectivity index (χ0v) is 17.5. The molecular formula is C21H28N3O3P. The average Bonchev–Trinajstić information content (AvgIpc) is 2.68. The van der Waals surface area contributed by atoms with Crippen LogP contribution in [-0.2, 0) is 0 Å². The number of nitrogens with zero attached hydrogens (tertiary/aromatic N) is 2. The van der Waals surface area contributed by atoms with Gasteiger partial charge >= 0.3 is 0 Å². The third kappa shape index (κ3) is 5.49. The first-order valence-corrected chi connectivity index (χ1v) is 10.2. The Hall–Kier alpha value is -2.04. The van der Waals surface area contributed by atoms with Crippen molar-refractivity contribution >= 4 is 20.5 Å². The maximum Gasteiger partial charge on any atom is 0.258 e. The smallest absolute Gasteiger partial charge is 0.258 e. The Morgan fingerprint density at radius 3 is 2.57 bits per heavy atom. The number of hydrogen-bond acceptors (Lipinski definition) is 5. The van der Waals surface area contributed by atoms with Crippen molar-refractivity contribution in [2.45, 2.75) is 45.1 Å². The molecule has 0 saturated heterocycles. The van der Waals surface area contributed by atoms with Gasteiger partial charge in [0, 0.05) is 12.7 Å². The molecule has 2 N–H and O–H groups in total. The molecule has 0 bridgehead atoms. The normalized spacial score (nSPS) is 19.9. The van der Waals surface area contributed by atoms with Crippen molar-refractivity contribution in [2.75, 3.05) is 6.54 Å². The Morgan fingerprint density at radius 1 is 1.25 bits per heavy atom. The number of aliphatic hydroxyl groups is 1. The SMILES string of the molecule is CC(C)(O)C1CCC(CNC(=O)c2cncnc2Oc2ccc(P)cc2)CC1. The van der Waals surface area contributed by atoms with Crippen molar-refractivity contribution in [1.29, 1.82) is 0 Å². The standard InChI is InChI=1S/C21H28N3O3P/c1-21(2,26)15-5-3-14(4-6-15)11-23-19(25)18-12-22-13-24-20(18)27-16-7-9-17(28)10-8-16/h7-10,12-15,26H,3-6,11,28H2,1-2H3,(H,23,25). The van der Waals surface area contributed by atoms with E-state index in [0.29, 0.717) is 29.7 Å². The highest BCUT2D eigenvalue weighted by molar-refractivity contribution is 7.27. The molecule has 7 heteroatoms. The molecule has 0 radical (unpaired) electrons. The van der Waals surface area contributed by atoms with Crippen LogP contribution in [0.4, 0.5) is 0 Å². The number of nitrogens with one attached hydrogen (secondary N) is 1. The van der Waals surface area contributed by atoms with Gasteiger partial charge in [-0.1, -0.05) is 12.1 Å². The third-order valence-corrected chi connectivity index (χ3v) is 5.80. The van der Waals surface area contributed by atoms with Crippen LogP contribution in [0.15, 0.2) is 36.8 Å². The van der Waals surface area contributed by atoms with Crippen molar-refractivity contribution in [2.24, 2.45) is 11.8 Å². The van der Waals surface area contributed by atoms with E-state index in [-0.39, 0.29) is 11.8 Å². The lowest BCUT2D eigenvalue weighted by Crippen LogP contribution is -2.37. The predicted molar refractivity (Wildman–Crippen MR) is 112 cm³/mol. The van der Waals surface area contributed by atoms with E-state index in [1.54, 1.807) is 0 Å². The van der Waals surface area contributed by atoms with Gasteiger partial charge in [0.1, 0.15) is 17.6 Å². The van der Waals surface area contributed by atoms with Gasteiger partial charge in [0.05, 0.1) is 5.60 Å². The maximum atomic E-state index is 12.7. The molecule has 1 saturated carbocycles. The molecule has 2 aromatic rings. The van der Waals surface area contributed by atoms with Gasteiger partial charge < -0.3 is 15.2 Å². The van der Waals surface area contributed by atoms with E-state index < -0.39 is 5.60 Å². The van der Waals surface area contributed by atoms with Crippen LogP contribution in [0.5, 0.6) is 11.6 Å². The number of ether oxygens (including phenoxy) is 1. The predicted octanol–water partition coefficient (Wildman–Crippen LogP) is 3.08. The number of amides is 1. The molecule has 1 heterocycles. The first kappa shape index (κ1) is 20.7. The Labute approximate surface area is 168 Å². The summed E-state index contributed by atoms with van der Waals surface area (Å²) in [5.74, 6) is 1.38. The van der Waals surface area contributed by atoms with Gasteiger partial charge in [0.2, 0.25) is 5.88 Å². The van der Waals surface area contributed by atoms with Gasteiger partial charge in [0.15, 0.2) is 0 Å². The molecule has 1 amide bonds. The Bertz CT molecular complexity index is 797. The Kier molecular flexibility index (Phi) is 6.63. The van der Waals surface area contributed by atoms with E-state index in [1.807, 2.05) is 38.1 Å². The molecule has 1 unspecified atom stereocenters. The Morgan fingerprint density at radius 2 is 1.93 bits per heavy atom. The molecule has 150 valence electrons. The lowest BCUT2D eigenvalue weighted by Gasteiger charge is -2.35. The second kappa shape index (κ2) is 8.97. The van der Waals surface area contributed by atoms with Crippen LogP contribution in [0.1, 0.15) is 49.9 Å². The summed E-state index contributed by atoms with van der Waals surface area (Å²) < 4.78 is 5.78. The van der Waals surface area contributed by atoms with Crippen molar-refractivity contribution in [3.05, 3.63) is 42.4 Å². The highest BCUT2D eigenvalue weighted by Crippen LogP contribution is 2.35. The molecule has 0 spiro atoms. The molecule has 1 aromatic heterocycles. The highest BCUT2D eigenvalue weighted by Gasteiger charge is 2.31. The second-order valence-corrected chi connectivity index (χ2v) is 8.66. The number of benzene rings is 1. The molecular weight excluding hydrogens is 373 g/mol. The number of hydrogen-bond donors (Lipinski definition) is 2. The Balaban J connectivity index is 1.57. The van der Waals surface area contributed by atoms with E-state index in [4.69, 9.17) is 4.74 Å². The van der Waals surface area contributed by atoms with E-state index in [2.05, 4.69) is 24.5 Å². The number of rotatable bonds is 6. The summed E-state index contributed by atoms with van der Waals surface area (Å²) in [6, 6.07) is 7.47. The monoisotopic (exact) mass is 401 g/mol. The van der Waals surface area contributed by atoms with Crippen LogP contribution in [-0.4, -0.2) is 33.1 Å². The van der Waals surface area contributed by atoms with Crippen LogP contribution < -0.4 is 15.4 Å². The van der Waals surface area contributed by atoms with E-state index >= 15 is 0 Å². The molecule has 3 rings (SSSR count). The van der Waals surface area contributed by atoms with Crippen LogP contribution in [0, 0.1) is 11.8 Å². The minimum Gasteiger partial charge on any atom is -0.438 e. The minimum atomic E-state index is -0.628. The molecule has 0 aliphatic heterocycles. The van der Waals surface area contributed by atoms with Gasteiger partial charge in [-0.25, -0.2) is 9.97 Å². The van der Waals surface area contributed by atoms with Crippen LogP contribution in [0.2, 0.25) is 0 Å². The molecule has 1 aliphatic carbocycles. The summed E-state index contributed by atoms with van der Waals surface area (Å²) in [4.78, 5) is 20.8. The van der Waals surface area contributed by atoms with Gasteiger partial charge in [-0.05, 0) is 68.8 Å².